The fraction of sp³-hybridized carbons (Fsp3) is 0.467. The van der Waals surface area contributed by atoms with Crippen LogP contribution in [-0.4, -0.2) is 32.2 Å². The molecule has 0 aliphatic rings. The predicted molar refractivity (Wildman–Crippen MR) is 80.5 cm³/mol. The fourth-order valence-corrected chi connectivity index (χ4v) is 2.35. The molecule has 0 fully saturated rings. The molecule has 2 aromatic heterocycles. The zero-order chi connectivity index (χ0) is 15.6. The molecule has 0 aromatic carbocycles. The predicted octanol–water partition coefficient (Wildman–Crippen LogP) is 1.57. The van der Waals surface area contributed by atoms with Gasteiger partial charge in [-0.3, -0.25) is 4.79 Å². The highest BCUT2D eigenvalue weighted by molar-refractivity contribution is 5.79. The van der Waals surface area contributed by atoms with E-state index in [0.717, 1.165) is 28.3 Å². The van der Waals surface area contributed by atoms with E-state index in [1.54, 1.807) is 4.68 Å². The Labute approximate surface area is 124 Å². The monoisotopic (exact) mass is 287 g/mol. The number of carbonyl (C=O) groups is 1. The Morgan fingerprint density at radius 3 is 2.38 bits per heavy atom. The van der Waals surface area contributed by atoms with Crippen molar-refractivity contribution in [3.8, 4) is 5.95 Å². The van der Waals surface area contributed by atoms with Crippen LogP contribution >= 0.6 is 0 Å². The molecular weight excluding hydrogens is 266 g/mol. The summed E-state index contributed by atoms with van der Waals surface area (Å²) in [5, 5.41) is 7.30. The van der Waals surface area contributed by atoms with Crippen LogP contribution in [-0.2, 0) is 11.2 Å². The third kappa shape index (κ3) is 3.26. The second-order valence-corrected chi connectivity index (χ2v) is 5.14. The van der Waals surface area contributed by atoms with Crippen molar-refractivity contribution in [1.29, 1.82) is 0 Å². The lowest BCUT2D eigenvalue weighted by Gasteiger charge is -2.06. The molecule has 0 saturated heterocycles. The minimum atomic E-state index is 0.00425. The molecule has 6 heteroatoms. The Balaban J connectivity index is 2.40. The first-order chi connectivity index (χ1) is 9.92. The number of aryl methyl sites for hydroxylation is 3. The molecule has 0 atom stereocenters. The van der Waals surface area contributed by atoms with Gasteiger partial charge in [-0.05, 0) is 40.7 Å². The molecule has 0 radical (unpaired) electrons. The summed E-state index contributed by atoms with van der Waals surface area (Å²) in [5.41, 5.74) is 4.47. The van der Waals surface area contributed by atoms with E-state index in [1.165, 1.54) is 0 Å². The largest absolute Gasteiger partial charge is 0.356 e. The van der Waals surface area contributed by atoms with Gasteiger partial charge in [-0.15, -0.1) is 0 Å². The van der Waals surface area contributed by atoms with Crippen molar-refractivity contribution in [1.82, 2.24) is 25.1 Å². The first-order valence-electron chi connectivity index (χ1n) is 7.06. The van der Waals surface area contributed by atoms with Crippen molar-refractivity contribution < 1.29 is 4.79 Å². The molecule has 21 heavy (non-hydrogen) atoms. The van der Waals surface area contributed by atoms with E-state index in [1.807, 2.05) is 40.7 Å². The van der Waals surface area contributed by atoms with Gasteiger partial charge in [-0.2, -0.15) is 5.10 Å². The Morgan fingerprint density at radius 2 is 1.81 bits per heavy atom. The molecule has 0 spiro atoms. The molecule has 0 aliphatic carbocycles. The summed E-state index contributed by atoms with van der Waals surface area (Å²) in [6.07, 6.45) is 0.330. The van der Waals surface area contributed by atoms with Crippen molar-refractivity contribution in [3.05, 3.63) is 34.4 Å². The van der Waals surface area contributed by atoms with Crippen LogP contribution in [0.3, 0.4) is 0 Å². The number of hydrogen-bond donors (Lipinski definition) is 1. The number of hydrogen-bond acceptors (Lipinski definition) is 4. The molecule has 2 aromatic rings. The fourth-order valence-electron chi connectivity index (χ4n) is 2.35. The highest BCUT2D eigenvalue weighted by Gasteiger charge is 2.17. The Kier molecular flexibility index (Phi) is 4.35. The van der Waals surface area contributed by atoms with Crippen LogP contribution in [0.2, 0.25) is 0 Å². The second kappa shape index (κ2) is 6.03. The van der Waals surface area contributed by atoms with Crippen molar-refractivity contribution in [3.63, 3.8) is 0 Å². The number of likely N-dealkylation sites (N-methyl/N-ethyl adjacent to an activating group) is 1. The van der Waals surface area contributed by atoms with Crippen LogP contribution in [0.5, 0.6) is 0 Å². The maximum atomic E-state index is 11.8. The van der Waals surface area contributed by atoms with Gasteiger partial charge < -0.3 is 5.32 Å². The molecule has 0 aliphatic heterocycles. The molecule has 0 saturated carbocycles. The third-order valence-corrected chi connectivity index (χ3v) is 3.31. The van der Waals surface area contributed by atoms with Gasteiger partial charge in [0.2, 0.25) is 5.91 Å². The number of nitrogens with zero attached hydrogens (tertiary/aromatic N) is 4. The van der Waals surface area contributed by atoms with Crippen molar-refractivity contribution >= 4 is 5.91 Å². The van der Waals surface area contributed by atoms with Crippen LogP contribution < -0.4 is 5.32 Å². The van der Waals surface area contributed by atoms with E-state index < -0.39 is 0 Å². The number of aromatic nitrogens is 4. The smallest absolute Gasteiger partial charge is 0.251 e. The summed E-state index contributed by atoms with van der Waals surface area (Å²) in [6.45, 7) is 10.2. The van der Waals surface area contributed by atoms with Crippen LogP contribution in [0.15, 0.2) is 6.07 Å². The van der Waals surface area contributed by atoms with Crippen molar-refractivity contribution in [2.75, 3.05) is 6.54 Å². The number of nitrogens with one attached hydrogen (secondary N) is 1. The standard InChI is InChI=1S/C15H21N5O/c1-6-16-14(21)8-13-11(4)19-20(12(13)5)15-17-9(2)7-10(3)18-15/h7H,6,8H2,1-5H3,(H,16,21). The molecule has 0 unspecified atom stereocenters. The van der Waals surface area contributed by atoms with E-state index in [-0.39, 0.29) is 5.91 Å². The lowest BCUT2D eigenvalue weighted by Crippen LogP contribution is -2.24. The van der Waals surface area contributed by atoms with Gasteiger partial charge in [0.1, 0.15) is 0 Å². The normalized spacial score (nSPS) is 10.7. The minimum absolute atomic E-state index is 0.00425. The third-order valence-electron chi connectivity index (χ3n) is 3.31. The highest BCUT2D eigenvalue weighted by Crippen LogP contribution is 2.17. The molecular formula is C15H21N5O. The topological polar surface area (TPSA) is 72.7 Å². The van der Waals surface area contributed by atoms with Crippen molar-refractivity contribution in [2.24, 2.45) is 0 Å². The van der Waals surface area contributed by atoms with E-state index in [4.69, 9.17) is 0 Å². The average molecular weight is 287 g/mol. The summed E-state index contributed by atoms with van der Waals surface area (Å²) in [7, 11) is 0. The lowest BCUT2D eigenvalue weighted by molar-refractivity contribution is -0.120. The summed E-state index contributed by atoms with van der Waals surface area (Å²) in [5.74, 6) is 0.555. The molecule has 0 bridgehead atoms. The molecule has 2 rings (SSSR count). The molecule has 6 nitrogen and oxygen atoms in total. The Hall–Kier alpha value is -2.24. The summed E-state index contributed by atoms with van der Waals surface area (Å²) >= 11 is 0. The van der Waals surface area contributed by atoms with E-state index in [2.05, 4.69) is 20.4 Å². The number of rotatable bonds is 4. The van der Waals surface area contributed by atoms with Gasteiger partial charge >= 0.3 is 0 Å². The molecule has 112 valence electrons. The summed E-state index contributed by atoms with van der Waals surface area (Å²) in [4.78, 5) is 20.6. The van der Waals surface area contributed by atoms with E-state index in [0.29, 0.717) is 18.9 Å². The first-order valence-corrected chi connectivity index (χ1v) is 7.06. The molecule has 2 heterocycles. The van der Waals surface area contributed by atoms with Gasteiger partial charge in [0.05, 0.1) is 12.1 Å². The van der Waals surface area contributed by atoms with Crippen LogP contribution in [0.25, 0.3) is 5.95 Å². The van der Waals surface area contributed by atoms with Crippen molar-refractivity contribution in [2.45, 2.75) is 41.0 Å². The van der Waals surface area contributed by atoms with Crippen LogP contribution in [0.4, 0.5) is 0 Å². The number of carbonyl (C=O) groups excluding carboxylic acids is 1. The number of amides is 1. The zero-order valence-electron chi connectivity index (χ0n) is 13.2. The average Bonchev–Trinajstić information content (AvgIpc) is 2.66. The Morgan fingerprint density at radius 1 is 1.19 bits per heavy atom. The van der Waals surface area contributed by atoms with Gasteiger partial charge in [-0.1, -0.05) is 0 Å². The minimum Gasteiger partial charge on any atom is -0.356 e. The summed E-state index contributed by atoms with van der Waals surface area (Å²) < 4.78 is 1.71. The van der Waals surface area contributed by atoms with Gasteiger partial charge in [0.25, 0.3) is 5.95 Å². The zero-order valence-corrected chi connectivity index (χ0v) is 13.2. The summed E-state index contributed by atoms with van der Waals surface area (Å²) in [6, 6.07) is 1.92. The molecule has 1 amide bonds. The molecule has 1 N–H and O–H groups in total. The maximum absolute atomic E-state index is 11.8. The first kappa shape index (κ1) is 15.2. The Bertz CT molecular complexity index is 655. The van der Waals surface area contributed by atoms with Crippen LogP contribution in [0.1, 0.15) is 35.3 Å². The van der Waals surface area contributed by atoms with Gasteiger partial charge in [-0.25, -0.2) is 14.6 Å². The second-order valence-electron chi connectivity index (χ2n) is 5.14. The van der Waals surface area contributed by atoms with Gasteiger partial charge in [0, 0.05) is 29.2 Å². The van der Waals surface area contributed by atoms with Gasteiger partial charge in [0.15, 0.2) is 0 Å². The van der Waals surface area contributed by atoms with E-state index >= 15 is 0 Å². The van der Waals surface area contributed by atoms with Crippen LogP contribution in [0, 0.1) is 27.7 Å². The highest BCUT2D eigenvalue weighted by atomic mass is 16.1. The maximum Gasteiger partial charge on any atom is 0.251 e. The lowest BCUT2D eigenvalue weighted by atomic mass is 10.1. The quantitative estimate of drug-likeness (QED) is 0.926. The van der Waals surface area contributed by atoms with E-state index in [9.17, 15) is 4.79 Å². The SMILES string of the molecule is CCNC(=O)Cc1c(C)nn(-c2nc(C)cc(C)n2)c1C.